The van der Waals surface area contributed by atoms with Crippen LogP contribution >= 0.6 is 0 Å². The van der Waals surface area contributed by atoms with Crippen LogP contribution in [-0.2, 0) is 11.3 Å². The molecular formula is C18H24N4O2. The monoisotopic (exact) mass is 328 g/mol. The Morgan fingerprint density at radius 3 is 2.96 bits per heavy atom. The second-order valence-corrected chi connectivity index (χ2v) is 5.96. The lowest BCUT2D eigenvalue weighted by Crippen LogP contribution is -2.31. The largest absolute Gasteiger partial charge is 0.465 e. The summed E-state index contributed by atoms with van der Waals surface area (Å²) in [5, 5.41) is 10.6. The molecule has 2 aromatic rings. The summed E-state index contributed by atoms with van der Waals surface area (Å²) in [6, 6.07) is 3.58. The van der Waals surface area contributed by atoms with Gasteiger partial charge >= 0.3 is 0 Å². The predicted octanol–water partition coefficient (Wildman–Crippen LogP) is 3.23. The lowest BCUT2D eigenvalue weighted by Gasteiger charge is -2.10. The summed E-state index contributed by atoms with van der Waals surface area (Å²) in [7, 11) is 0. The van der Waals surface area contributed by atoms with Gasteiger partial charge in [0.2, 0.25) is 0 Å². The minimum atomic E-state index is -0.379. The SMILES string of the molecule is C/C(=C\C(=N)C(=O)NCCCn1ccnc1C(C)C)c1ccco1. The maximum atomic E-state index is 12.0. The van der Waals surface area contributed by atoms with Gasteiger partial charge in [0.25, 0.3) is 5.91 Å². The Morgan fingerprint density at radius 1 is 1.50 bits per heavy atom. The Hall–Kier alpha value is -2.63. The molecule has 1 amide bonds. The average molecular weight is 328 g/mol. The summed E-state index contributed by atoms with van der Waals surface area (Å²) in [6.07, 6.45) is 7.62. The highest BCUT2D eigenvalue weighted by Crippen LogP contribution is 2.13. The molecule has 2 heterocycles. The van der Waals surface area contributed by atoms with Gasteiger partial charge in [-0.05, 0) is 37.1 Å². The van der Waals surface area contributed by atoms with Crippen LogP contribution in [0.5, 0.6) is 0 Å². The van der Waals surface area contributed by atoms with Crippen LogP contribution in [0.1, 0.15) is 44.7 Å². The van der Waals surface area contributed by atoms with Gasteiger partial charge in [0, 0.05) is 31.4 Å². The van der Waals surface area contributed by atoms with E-state index in [1.807, 2.05) is 13.1 Å². The van der Waals surface area contributed by atoms with E-state index in [-0.39, 0.29) is 11.6 Å². The van der Waals surface area contributed by atoms with Crippen molar-refractivity contribution in [1.82, 2.24) is 14.9 Å². The van der Waals surface area contributed by atoms with Crippen molar-refractivity contribution < 1.29 is 9.21 Å². The van der Waals surface area contributed by atoms with Crippen molar-refractivity contribution in [3.63, 3.8) is 0 Å². The smallest absolute Gasteiger partial charge is 0.269 e. The van der Waals surface area contributed by atoms with Gasteiger partial charge in [-0.3, -0.25) is 10.2 Å². The van der Waals surface area contributed by atoms with E-state index in [4.69, 9.17) is 9.83 Å². The zero-order valence-corrected chi connectivity index (χ0v) is 14.4. The van der Waals surface area contributed by atoms with Crippen molar-refractivity contribution in [3.8, 4) is 0 Å². The first kappa shape index (κ1) is 17.7. The van der Waals surface area contributed by atoms with E-state index in [1.165, 1.54) is 6.08 Å². The molecule has 128 valence electrons. The zero-order valence-electron chi connectivity index (χ0n) is 14.4. The molecule has 0 aromatic carbocycles. The second-order valence-electron chi connectivity index (χ2n) is 5.96. The van der Waals surface area contributed by atoms with E-state index >= 15 is 0 Å². The molecule has 0 fully saturated rings. The van der Waals surface area contributed by atoms with E-state index in [0.717, 1.165) is 24.4 Å². The third-order valence-electron chi connectivity index (χ3n) is 3.64. The number of aromatic nitrogens is 2. The molecule has 0 bridgehead atoms. The van der Waals surface area contributed by atoms with Crippen molar-refractivity contribution >= 4 is 17.2 Å². The molecule has 6 heteroatoms. The molecule has 0 saturated heterocycles. The van der Waals surface area contributed by atoms with E-state index in [2.05, 4.69) is 28.7 Å². The van der Waals surface area contributed by atoms with Gasteiger partial charge in [-0.2, -0.15) is 0 Å². The van der Waals surface area contributed by atoms with Crippen LogP contribution in [0.3, 0.4) is 0 Å². The van der Waals surface area contributed by atoms with Gasteiger partial charge in [0.1, 0.15) is 17.3 Å². The summed E-state index contributed by atoms with van der Waals surface area (Å²) >= 11 is 0. The molecule has 0 aliphatic rings. The van der Waals surface area contributed by atoms with Crippen LogP contribution in [0.4, 0.5) is 0 Å². The van der Waals surface area contributed by atoms with Gasteiger partial charge in [0.15, 0.2) is 0 Å². The number of nitrogens with zero attached hydrogens (tertiary/aromatic N) is 2. The lowest BCUT2D eigenvalue weighted by atomic mass is 10.1. The number of rotatable bonds is 8. The number of imidazole rings is 1. The maximum Gasteiger partial charge on any atom is 0.269 e. The van der Waals surface area contributed by atoms with E-state index < -0.39 is 0 Å². The molecule has 0 spiro atoms. The molecule has 2 rings (SSSR count). The molecule has 2 N–H and O–H groups in total. The van der Waals surface area contributed by atoms with Crippen molar-refractivity contribution in [3.05, 3.63) is 48.5 Å². The van der Waals surface area contributed by atoms with Crippen LogP contribution in [0.2, 0.25) is 0 Å². The number of hydrogen-bond acceptors (Lipinski definition) is 4. The van der Waals surface area contributed by atoms with E-state index in [1.54, 1.807) is 24.6 Å². The fraction of sp³-hybridized carbons (Fsp3) is 0.389. The normalized spacial score (nSPS) is 11.8. The summed E-state index contributed by atoms with van der Waals surface area (Å²) in [5.41, 5.74) is 0.676. The molecule has 0 unspecified atom stereocenters. The first-order valence-corrected chi connectivity index (χ1v) is 8.09. The molecule has 0 saturated carbocycles. The second kappa shape index (κ2) is 8.29. The quantitative estimate of drug-likeness (QED) is 0.576. The molecular weight excluding hydrogens is 304 g/mol. The lowest BCUT2D eigenvalue weighted by molar-refractivity contribution is -0.114. The van der Waals surface area contributed by atoms with Crippen LogP contribution in [0.15, 0.2) is 41.3 Å². The van der Waals surface area contributed by atoms with Gasteiger partial charge < -0.3 is 14.3 Å². The number of nitrogens with one attached hydrogen (secondary N) is 2. The van der Waals surface area contributed by atoms with Crippen molar-refractivity contribution in [2.45, 2.75) is 39.7 Å². The topological polar surface area (TPSA) is 83.9 Å². The number of aryl methyl sites for hydroxylation is 1. The zero-order chi connectivity index (χ0) is 17.5. The van der Waals surface area contributed by atoms with Crippen LogP contribution in [-0.4, -0.2) is 27.7 Å². The van der Waals surface area contributed by atoms with Gasteiger partial charge in [0.05, 0.1) is 6.26 Å². The van der Waals surface area contributed by atoms with Crippen molar-refractivity contribution in [1.29, 1.82) is 5.41 Å². The highest BCUT2D eigenvalue weighted by molar-refractivity contribution is 6.43. The highest BCUT2D eigenvalue weighted by atomic mass is 16.3. The first-order valence-electron chi connectivity index (χ1n) is 8.09. The fourth-order valence-electron chi connectivity index (χ4n) is 2.41. The summed E-state index contributed by atoms with van der Waals surface area (Å²) in [4.78, 5) is 16.3. The Morgan fingerprint density at radius 2 is 2.29 bits per heavy atom. The van der Waals surface area contributed by atoms with E-state index in [0.29, 0.717) is 18.2 Å². The first-order chi connectivity index (χ1) is 11.5. The Kier molecular flexibility index (Phi) is 6.12. The molecule has 2 aromatic heterocycles. The number of hydrogen-bond donors (Lipinski definition) is 2. The van der Waals surface area contributed by atoms with Gasteiger partial charge in [-0.1, -0.05) is 13.8 Å². The number of carbonyl (C=O) groups excluding carboxylic acids is 1. The number of furan rings is 1. The van der Waals surface area contributed by atoms with Crippen LogP contribution in [0.25, 0.3) is 5.57 Å². The van der Waals surface area contributed by atoms with Crippen LogP contribution in [0, 0.1) is 5.41 Å². The minimum Gasteiger partial charge on any atom is -0.465 e. The maximum absolute atomic E-state index is 12.0. The summed E-state index contributed by atoms with van der Waals surface area (Å²) in [5.74, 6) is 1.70. The Labute approximate surface area is 142 Å². The highest BCUT2D eigenvalue weighted by Gasteiger charge is 2.09. The standard InChI is InChI=1S/C18H24N4O2/c1-13(2)17-20-8-10-22(17)9-5-7-21-18(23)15(19)12-14(3)16-6-4-11-24-16/h4,6,8,10-13,19H,5,7,9H2,1-3H3,(H,21,23)/b14-12+,19-15?. The van der Waals surface area contributed by atoms with E-state index in [9.17, 15) is 4.79 Å². The third kappa shape index (κ3) is 4.68. The fourth-order valence-corrected chi connectivity index (χ4v) is 2.41. The average Bonchev–Trinajstić information content (AvgIpc) is 3.22. The van der Waals surface area contributed by atoms with Crippen LogP contribution < -0.4 is 5.32 Å². The summed E-state index contributed by atoms with van der Waals surface area (Å²) in [6.45, 7) is 7.34. The molecule has 24 heavy (non-hydrogen) atoms. The number of carbonyl (C=O) groups is 1. The number of allylic oxidation sites excluding steroid dienone is 1. The van der Waals surface area contributed by atoms with Crippen molar-refractivity contribution in [2.75, 3.05) is 6.54 Å². The molecule has 0 radical (unpaired) electrons. The van der Waals surface area contributed by atoms with Gasteiger partial charge in [-0.25, -0.2) is 4.98 Å². The Bertz CT molecular complexity index is 711. The van der Waals surface area contributed by atoms with Crippen molar-refractivity contribution in [2.24, 2.45) is 0 Å². The third-order valence-corrected chi connectivity index (χ3v) is 3.64. The number of amides is 1. The Balaban J connectivity index is 1.78. The molecule has 6 nitrogen and oxygen atoms in total. The molecule has 0 atom stereocenters. The minimum absolute atomic E-state index is 0.0746. The van der Waals surface area contributed by atoms with Gasteiger partial charge in [-0.15, -0.1) is 0 Å². The predicted molar refractivity (Wildman–Crippen MR) is 94.0 cm³/mol. The molecule has 0 aliphatic heterocycles. The summed E-state index contributed by atoms with van der Waals surface area (Å²) < 4.78 is 7.34. The molecule has 0 aliphatic carbocycles.